The molecule has 0 aliphatic heterocycles. The van der Waals surface area contributed by atoms with Gasteiger partial charge in [0.2, 0.25) is 0 Å². The fraction of sp³-hybridized carbons (Fsp3) is 0.231. The van der Waals surface area contributed by atoms with Crippen LogP contribution in [0.15, 0.2) is 24.3 Å². The topological polar surface area (TPSA) is 25.8 Å². The minimum Gasteiger partial charge on any atom is -0.233 e. The van der Waals surface area contributed by atoms with Gasteiger partial charge in [-0.25, -0.2) is 14.4 Å². The predicted octanol–water partition coefficient (Wildman–Crippen LogP) is 3.81. The summed E-state index contributed by atoms with van der Waals surface area (Å²) in [5.74, 6) is 0.206. The average Bonchev–Trinajstić information content (AvgIpc) is 2.32. The zero-order chi connectivity index (χ0) is 12.4. The van der Waals surface area contributed by atoms with Crippen molar-refractivity contribution in [3.05, 3.63) is 46.5 Å². The number of hydrogen-bond donors (Lipinski definition) is 0. The quantitative estimate of drug-likeness (QED) is 0.758. The minimum absolute atomic E-state index is 0.260. The van der Waals surface area contributed by atoms with Gasteiger partial charge >= 0.3 is 0 Å². The van der Waals surface area contributed by atoms with Gasteiger partial charge in [0.1, 0.15) is 11.0 Å². The molecule has 2 aromatic rings. The molecule has 0 amide bonds. The molecule has 0 spiro atoms. The Kier molecular flexibility index (Phi) is 3.38. The maximum Gasteiger partial charge on any atom is 0.161 e. The van der Waals surface area contributed by atoms with Crippen LogP contribution in [0, 0.1) is 12.7 Å². The average molecular weight is 251 g/mol. The molecule has 17 heavy (non-hydrogen) atoms. The zero-order valence-electron chi connectivity index (χ0n) is 9.67. The predicted molar refractivity (Wildman–Crippen MR) is 66.6 cm³/mol. The lowest BCUT2D eigenvalue weighted by Gasteiger charge is -2.05. The normalized spacial score (nSPS) is 10.6. The molecule has 4 heteroatoms. The second kappa shape index (κ2) is 4.80. The van der Waals surface area contributed by atoms with Crippen molar-refractivity contribution in [3.63, 3.8) is 0 Å². The first kappa shape index (κ1) is 12.0. The van der Waals surface area contributed by atoms with Gasteiger partial charge in [0, 0.05) is 11.3 Å². The summed E-state index contributed by atoms with van der Waals surface area (Å²) in [7, 11) is 0. The van der Waals surface area contributed by atoms with Crippen molar-refractivity contribution in [1.29, 1.82) is 0 Å². The van der Waals surface area contributed by atoms with Crippen LogP contribution in [-0.4, -0.2) is 9.97 Å². The minimum atomic E-state index is -0.260. The van der Waals surface area contributed by atoms with Crippen LogP contribution >= 0.6 is 11.6 Å². The maximum absolute atomic E-state index is 13.5. The number of halogens is 2. The first-order valence-corrected chi connectivity index (χ1v) is 5.78. The van der Waals surface area contributed by atoms with Gasteiger partial charge in [-0.1, -0.05) is 30.7 Å². The van der Waals surface area contributed by atoms with Crippen molar-refractivity contribution >= 4 is 11.6 Å². The van der Waals surface area contributed by atoms with Gasteiger partial charge in [-0.2, -0.15) is 0 Å². The molecule has 0 radical (unpaired) electrons. The highest BCUT2D eigenvalue weighted by Gasteiger charge is 2.07. The lowest BCUT2D eigenvalue weighted by atomic mass is 10.1. The van der Waals surface area contributed by atoms with E-state index in [4.69, 9.17) is 11.6 Å². The summed E-state index contributed by atoms with van der Waals surface area (Å²) in [5, 5.41) is 0.382. The van der Waals surface area contributed by atoms with Crippen LogP contribution in [0.1, 0.15) is 18.2 Å². The van der Waals surface area contributed by atoms with Crippen molar-refractivity contribution in [2.75, 3.05) is 0 Å². The van der Waals surface area contributed by atoms with Crippen LogP contribution < -0.4 is 0 Å². The van der Waals surface area contributed by atoms with Gasteiger partial charge < -0.3 is 0 Å². The van der Waals surface area contributed by atoms with Crippen LogP contribution in [0.3, 0.4) is 0 Å². The van der Waals surface area contributed by atoms with E-state index in [-0.39, 0.29) is 5.82 Å². The highest BCUT2D eigenvalue weighted by molar-refractivity contribution is 6.29. The van der Waals surface area contributed by atoms with Crippen molar-refractivity contribution in [3.8, 4) is 11.4 Å². The van der Waals surface area contributed by atoms with E-state index in [0.29, 0.717) is 22.1 Å². The summed E-state index contributed by atoms with van der Waals surface area (Å²) < 4.78 is 13.5. The molecular weight excluding hydrogens is 239 g/mol. The molecule has 0 unspecified atom stereocenters. The van der Waals surface area contributed by atoms with Crippen molar-refractivity contribution in [2.24, 2.45) is 0 Å². The van der Waals surface area contributed by atoms with Gasteiger partial charge in [0.15, 0.2) is 5.82 Å². The lowest BCUT2D eigenvalue weighted by Crippen LogP contribution is -1.96. The Morgan fingerprint density at radius 2 is 2.00 bits per heavy atom. The summed E-state index contributed by atoms with van der Waals surface area (Å²) in [6, 6.07) is 6.65. The van der Waals surface area contributed by atoms with Crippen LogP contribution in [0.4, 0.5) is 4.39 Å². The second-order valence-corrected chi connectivity index (χ2v) is 4.21. The molecule has 0 saturated carbocycles. The molecule has 0 aliphatic carbocycles. The summed E-state index contributed by atoms with van der Waals surface area (Å²) in [6.07, 6.45) is 0.767. The standard InChI is InChI=1S/C13H12ClFN2/c1-3-10-7-12(14)17-13(16-10)9-5-4-8(2)11(15)6-9/h4-7H,3H2,1-2H3. The summed E-state index contributed by atoms with van der Waals surface area (Å²) >= 11 is 5.90. The smallest absolute Gasteiger partial charge is 0.161 e. The van der Waals surface area contributed by atoms with Crippen LogP contribution in [0.5, 0.6) is 0 Å². The Bertz CT molecular complexity index is 555. The van der Waals surface area contributed by atoms with E-state index in [2.05, 4.69) is 9.97 Å². The fourth-order valence-corrected chi connectivity index (χ4v) is 1.71. The number of benzene rings is 1. The van der Waals surface area contributed by atoms with E-state index < -0.39 is 0 Å². The van der Waals surface area contributed by atoms with Crippen LogP contribution in [0.2, 0.25) is 5.15 Å². The van der Waals surface area contributed by atoms with E-state index in [9.17, 15) is 4.39 Å². The van der Waals surface area contributed by atoms with Crippen LogP contribution in [-0.2, 0) is 6.42 Å². The summed E-state index contributed by atoms with van der Waals surface area (Å²) in [6.45, 7) is 3.70. The maximum atomic E-state index is 13.5. The fourth-order valence-electron chi connectivity index (χ4n) is 1.51. The Hall–Kier alpha value is -1.48. The lowest BCUT2D eigenvalue weighted by molar-refractivity contribution is 0.619. The number of rotatable bonds is 2. The Balaban J connectivity index is 2.52. The van der Waals surface area contributed by atoms with E-state index in [1.807, 2.05) is 6.92 Å². The molecular formula is C13H12ClFN2. The van der Waals surface area contributed by atoms with Crippen molar-refractivity contribution in [2.45, 2.75) is 20.3 Å². The highest BCUT2D eigenvalue weighted by atomic mass is 35.5. The first-order chi connectivity index (χ1) is 8.10. The number of hydrogen-bond acceptors (Lipinski definition) is 2. The molecule has 0 bridgehead atoms. The molecule has 1 aromatic carbocycles. The van der Waals surface area contributed by atoms with E-state index in [1.165, 1.54) is 6.07 Å². The third-order valence-corrected chi connectivity index (χ3v) is 2.73. The third kappa shape index (κ3) is 2.61. The highest BCUT2D eigenvalue weighted by Crippen LogP contribution is 2.20. The molecule has 0 atom stereocenters. The van der Waals surface area contributed by atoms with Gasteiger partial charge in [0.25, 0.3) is 0 Å². The molecule has 0 N–H and O–H groups in total. The van der Waals surface area contributed by atoms with E-state index >= 15 is 0 Å². The molecule has 0 aliphatic rings. The second-order valence-electron chi connectivity index (χ2n) is 3.82. The van der Waals surface area contributed by atoms with E-state index in [1.54, 1.807) is 25.1 Å². The van der Waals surface area contributed by atoms with E-state index in [0.717, 1.165) is 12.1 Å². The molecule has 0 saturated heterocycles. The monoisotopic (exact) mass is 250 g/mol. The first-order valence-electron chi connectivity index (χ1n) is 5.40. The SMILES string of the molecule is CCc1cc(Cl)nc(-c2ccc(C)c(F)c2)n1. The molecule has 2 rings (SSSR count). The summed E-state index contributed by atoms with van der Waals surface area (Å²) in [5.41, 5.74) is 2.10. The molecule has 1 heterocycles. The van der Waals surface area contributed by atoms with Gasteiger partial charge in [-0.05, 0) is 31.0 Å². The third-order valence-electron chi connectivity index (χ3n) is 2.54. The largest absolute Gasteiger partial charge is 0.233 e. The number of nitrogens with zero attached hydrogens (tertiary/aromatic N) is 2. The Morgan fingerprint density at radius 3 is 2.65 bits per heavy atom. The summed E-state index contributed by atoms with van der Waals surface area (Å²) in [4.78, 5) is 8.44. The number of aromatic nitrogens is 2. The zero-order valence-corrected chi connectivity index (χ0v) is 10.4. The Morgan fingerprint density at radius 1 is 1.24 bits per heavy atom. The van der Waals surface area contributed by atoms with Crippen molar-refractivity contribution in [1.82, 2.24) is 9.97 Å². The molecule has 0 fully saturated rings. The number of aryl methyl sites for hydroxylation is 2. The van der Waals surface area contributed by atoms with Gasteiger partial charge in [-0.3, -0.25) is 0 Å². The molecule has 2 nitrogen and oxygen atoms in total. The molecule has 1 aromatic heterocycles. The van der Waals surface area contributed by atoms with Gasteiger partial charge in [0.05, 0.1) is 0 Å². The van der Waals surface area contributed by atoms with Crippen LogP contribution in [0.25, 0.3) is 11.4 Å². The van der Waals surface area contributed by atoms with Crippen molar-refractivity contribution < 1.29 is 4.39 Å². The van der Waals surface area contributed by atoms with Gasteiger partial charge in [-0.15, -0.1) is 0 Å². The molecule has 88 valence electrons. The Labute approximate surface area is 104 Å².